The molecule has 1 fully saturated rings. The first-order valence-electron chi connectivity index (χ1n) is 4.40. The first-order chi connectivity index (χ1) is 4.71. The van der Waals surface area contributed by atoms with E-state index in [1.54, 1.807) is 0 Å². The van der Waals surface area contributed by atoms with Gasteiger partial charge in [0.15, 0.2) is 0 Å². The number of halogens is 1. The molecule has 60 valence electrons. The molecule has 0 aromatic carbocycles. The van der Waals surface area contributed by atoms with E-state index < -0.39 is 18.9 Å². The van der Waals surface area contributed by atoms with Crippen LogP contribution >= 0.6 is 0 Å². The van der Waals surface area contributed by atoms with Gasteiger partial charge in [-0.25, -0.2) is 0 Å². The van der Waals surface area contributed by atoms with E-state index >= 15 is 0 Å². The molecule has 0 aliphatic carbocycles. The normalized spacial score (nSPS) is 27.0. The summed E-state index contributed by atoms with van der Waals surface area (Å²) < 4.78 is 15.5. The summed E-state index contributed by atoms with van der Waals surface area (Å²) in [5, 5.41) is 0. The van der Waals surface area contributed by atoms with Gasteiger partial charge in [-0.1, -0.05) is 0 Å². The van der Waals surface area contributed by atoms with Gasteiger partial charge in [0.25, 0.3) is 0 Å². The van der Waals surface area contributed by atoms with Crippen molar-refractivity contribution >= 4 is 18.9 Å². The number of hydrogen-bond donors (Lipinski definition) is 0. The maximum absolute atomic E-state index is 13.5. The molecule has 1 aliphatic heterocycles. The van der Waals surface area contributed by atoms with Crippen LogP contribution in [0, 0.1) is 0 Å². The minimum atomic E-state index is -2.85. The molecule has 0 amide bonds. The van der Waals surface area contributed by atoms with E-state index in [1.165, 1.54) is 32.1 Å². The van der Waals surface area contributed by atoms with Gasteiger partial charge in [-0.05, 0) is 0 Å². The summed E-state index contributed by atoms with van der Waals surface area (Å²) in [7, 11) is 0. The van der Waals surface area contributed by atoms with Crippen molar-refractivity contribution in [1.82, 2.24) is 0 Å². The van der Waals surface area contributed by atoms with Gasteiger partial charge >= 0.3 is 67.7 Å². The summed E-state index contributed by atoms with van der Waals surface area (Å²) in [5.74, 6) is 0. The van der Waals surface area contributed by atoms with Crippen LogP contribution in [0.4, 0.5) is 2.87 Å². The molecule has 0 aromatic rings. The topological polar surface area (TPSA) is 0 Å². The average molecular weight is 251 g/mol. The molecule has 0 atom stereocenters. The SMILES string of the molecule is [CH3][Sn]1([F])[CH2]CCCCC[CH2]1. The third-order valence-electron chi connectivity index (χ3n) is 2.40. The van der Waals surface area contributed by atoms with Crippen molar-refractivity contribution in [1.29, 1.82) is 0 Å². The summed E-state index contributed by atoms with van der Waals surface area (Å²) in [6.07, 6.45) is 6.29. The fraction of sp³-hybridized carbons (Fsp3) is 1.00. The van der Waals surface area contributed by atoms with Crippen molar-refractivity contribution in [2.45, 2.75) is 45.9 Å². The fourth-order valence-corrected chi connectivity index (χ4v) is 7.99. The van der Waals surface area contributed by atoms with Gasteiger partial charge in [0.2, 0.25) is 0 Å². The van der Waals surface area contributed by atoms with Crippen molar-refractivity contribution in [2.24, 2.45) is 0 Å². The Labute approximate surface area is 67.8 Å². The number of hydrogen-bond acceptors (Lipinski definition) is 0. The fourth-order valence-electron chi connectivity index (χ4n) is 1.64. The molecule has 1 saturated heterocycles. The van der Waals surface area contributed by atoms with Crippen LogP contribution in [0.2, 0.25) is 13.8 Å². The Hall–Kier alpha value is 0.729. The Kier molecular flexibility index (Phi) is 3.47. The molecule has 0 bridgehead atoms. The molecule has 1 aliphatic rings. The van der Waals surface area contributed by atoms with E-state index in [0.717, 1.165) is 8.87 Å². The zero-order chi connectivity index (χ0) is 7.45. The summed E-state index contributed by atoms with van der Waals surface area (Å²) in [6.45, 7) is 0. The molecule has 0 nitrogen and oxygen atoms in total. The van der Waals surface area contributed by atoms with Gasteiger partial charge in [0.1, 0.15) is 0 Å². The molecule has 0 unspecified atom stereocenters. The average Bonchev–Trinajstić information content (AvgIpc) is 1.81. The second-order valence-corrected chi connectivity index (χ2v) is 14.6. The van der Waals surface area contributed by atoms with Crippen LogP contribution in [0.25, 0.3) is 0 Å². The van der Waals surface area contributed by atoms with Crippen molar-refractivity contribution < 1.29 is 2.87 Å². The van der Waals surface area contributed by atoms with Crippen LogP contribution in [-0.4, -0.2) is 18.9 Å². The summed E-state index contributed by atoms with van der Waals surface area (Å²) in [4.78, 5) is 1.96. The van der Waals surface area contributed by atoms with Crippen LogP contribution in [0.15, 0.2) is 0 Å². The molecule has 0 radical (unpaired) electrons. The molecule has 0 saturated carbocycles. The number of rotatable bonds is 0. The predicted molar refractivity (Wildman–Crippen MR) is 45.4 cm³/mol. The van der Waals surface area contributed by atoms with Gasteiger partial charge in [0, 0.05) is 0 Å². The Morgan fingerprint density at radius 2 is 1.30 bits per heavy atom. The Balaban J connectivity index is 2.30. The van der Waals surface area contributed by atoms with Gasteiger partial charge < -0.3 is 0 Å². The van der Waals surface area contributed by atoms with Crippen molar-refractivity contribution in [2.75, 3.05) is 0 Å². The first kappa shape index (κ1) is 8.82. The van der Waals surface area contributed by atoms with Gasteiger partial charge in [-0.2, -0.15) is 0 Å². The van der Waals surface area contributed by atoms with Crippen molar-refractivity contribution in [3.05, 3.63) is 0 Å². The summed E-state index contributed by atoms with van der Waals surface area (Å²) >= 11 is -2.85. The molecule has 0 N–H and O–H groups in total. The van der Waals surface area contributed by atoms with Gasteiger partial charge in [-0.15, -0.1) is 0 Å². The van der Waals surface area contributed by atoms with E-state index in [1.807, 2.05) is 4.94 Å². The van der Waals surface area contributed by atoms with Crippen LogP contribution < -0.4 is 0 Å². The quantitative estimate of drug-likeness (QED) is 0.578. The standard InChI is InChI=1S/C7H14.CH3.FH.Sn/c1-3-5-7-6-4-2;;;/h1-7H2;1H3;1H;/q;;;+1/p-1. The zero-order valence-corrected chi connectivity index (χ0v) is 9.68. The predicted octanol–water partition coefficient (Wildman–Crippen LogP) is 3.50. The molecule has 0 aromatic heterocycles. The van der Waals surface area contributed by atoms with E-state index in [4.69, 9.17) is 0 Å². The first-order valence-corrected chi connectivity index (χ1v) is 12.4. The molecular formula is C8H17FSn. The summed E-state index contributed by atoms with van der Waals surface area (Å²) in [6, 6.07) is 0. The molecule has 1 heterocycles. The Bertz CT molecular complexity index is 91.4. The van der Waals surface area contributed by atoms with Crippen LogP contribution in [0.5, 0.6) is 0 Å². The molecule has 1 rings (SSSR count). The van der Waals surface area contributed by atoms with Gasteiger partial charge in [0.05, 0.1) is 0 Å². The van der Waals surface area contributed by atoms with Crippen LogP contribution in [0.3, 0.4) is 0 Å². The van der Waals surface area contributed by atoms with Gasteiger partial charge in [-0.3, -0.25) is 0 Å². The second-order valence-electron chi connectivity index (χ2n) is 3.68. The molecule has 0 spiro atoms. The zero-order valence-electron chi connectivity index (χ0n) is 6.83. The third kappa shape index (κ3) is 3.22. The van der Waals surface area contributed by atoms with Crippen molar-refractivity contribution in [3.8, 4) is 0 Å². The van der Waals surface area contributed by atoms with E-state index in [0.29, 0.717) is 0 Å². The minimum absolute atomic E-state index is 0.995. The van der Waals surface area contributed by atoms with Crippen LogP contribution in [-0.2, 0) is 0 Å². The van der Waals surface area contributed by atoms with E-state index in [-0.39, 0.29) is 0 Å². The van der Waals surface area contributed by atoms with E-state index in [9.17, 15) is 2.87 Å². The third-order valence-corrected chi connectivity index (χ3v) is 10.4. The molecule has 10 heavy (non-hydrogen) atoms. The Morgan fingerprint density at radius 3 is 1.80 bits per heavy atom. The molecule has 2 heteroatoms. The monoisotopic (exact) mass is 252 g/mol. The maximum atomic E-state index is 13.5. The van der Waals surface area contributed by atoms with Crippen molar-refractivity contribution in [3.63, 3.8) is 0 Å². The molecular weight excluding hydrogens is 234 g/mol. The van der Waals surface area contributed by atoms with E-state index in [2.05, 4.69) is 0 Å². The Morgan fingerprint density at radius 1 is 0.900 bits per heavy atom. The van der Waals surface area contributed by atoms with Crippen LogP contribution in [0.1, 0.15) is 32.1 Å². The second kappa shape index (κ2) is 3.93. The summed E-state index contributed by atoms with van der Waals surface area (Å²) in [5.41, 5.74) is 0.